The number of rotatable bonds is 18. The summed E-state index contributed by atoms with van der Waals surface area (Å²) >= 11 is 0. The SMILES string of the molecule is CCN=c1ccc2c(-c3ccccc3C(=O)OCCSSCCOC(=O)c3ccccc3-c3c4ccc(=[N+](CC)CC)cc-4oc4ccc(C(=O)OCC)cc34)c3cc(C(=O)OCC)ccc3oc-2c1. The second-order valence-corrected chi connectivity index (χ2v) is 18.5. The normalized spacial score (nSPS) is 11.6. The smallest absolute Gasteiger partial charge is 0.338 e. The van der Waals surface area contributed by atoms with Gasteiger partial charge in [0.1, 0.15) is 49.0 Å². The van der Waals surface area contributed by atoms with Crippen molar-refractivity contribution in [3.05, 3.63) is 154 Å². The lowest BCUT2D eigenvalue weighted by Gasteiger charge is -2.18. The number of nitrogens with zero attached hydrogens (tertiary/aromatic N) is 2. The lowest BCUT2D eigenvalue weighted by molar-refractivity contribution is 0.0517. The summed E-state index contributed by atoms with van der Waals surface area (Å²) in [4.78, 5) is 58.0. The van der Waals surface area contributed by atoms with Gasteiger partial charge in [-0.25, -0.2) is 23.8 Å². The highest BCUT2D eigenvalue weighted by molar-refractivity contribution is 8.76. The van der Waals surface area contributed by atoms with Gasteiger partial charge >= 0.3 is 23.9 Å². The zero-order valence-corrected chi connectivity index (χ0v) is 41.3. The Kier molecular flexibility index (Phi) is 16.2. The maximum absolute atomic E-state index is 13.9. The first-order valence-corrected chi connectivity index (χ1v) is 25.9. The molecule has 0 atom stereocenters. The molecule has 0 fully saturated rings. The van der Waals surface area contributed by atoms with Gasteiger partial charge in [0, 0.05) is 63.2 Å². The molecule has 14 heteroatoms. The molecule has 4 aliphatic rings. The molecule has 0 radical (unpaired) electrons. The molecule has 0 N–H and O–H groups in total. The summed E-state index contributed by atoms with van der Waals surface area (Å²) < 4.78 is 37.4. The molecule has 0 amide bonds. The molecule has 2 aliphatic carbocycles. The minimum absolute atomic E-state index is 0.137. The van der Waals surface area contributed by atoms with Crippen LogP contribution in [0.3, 0.4) is 0 Å². The zero-order chi connectivity index (χ0) is 49.1. The molecule has 0 saturated heterocycles. The summed E-state index contributed by atoms with van der Waals surface area (Å²) in [7, 11) is 3.01. The molecule has 4 aromatic carbocycles. The molecular weight excluding hydrogens is 925 g/mol. The zero-order valence-electron chi connectivity index (χ0n) is 39.7. The summed E-state index contributed by atoms with van der Waals surface area (Å²) in [6.07, 6.45) is 0. The van der Waals surface area contributed by atoms with Crippen molar-refractivity contribution >= 4 is 67.4 Å². The Morgan fingerprint density at radius 2 is 1.00 bits per heavy atom. The topological polar surface area (TPSA) is 147 Å². The van der Waals surface area contributed by atoms with Gasteiger partial charge < -0.3 is 27.8 Å². The van der Waals surface area contributed by atoms with Crippen LogP contribution in [-0.2, 0) is 18.9 Å². The van der Waals surface area contributed by atoms with E-state index in [4.69, 9.17) is 27.8 Å². The second-order valence-electron chi connectivity index (χ2n) is 15.8. The van der Waals surface area contributed by atoms with Gasteiger partial charge in [0.2, 0.25) is 5.36 Å². The molecule has 0 saturated carbocycles. The van der Waals surface area contributed by atoms with Crippen LogP contribution in [0, 0.1) is 0 Å². The van der Waals surface area contributed by atoms with Crippen LogP contribution in [0.5, 0.6) is 0 Å². The third-order valence-corrected chi connectivity index (χ3v) is 13.9. The first-order chi connectivity index (χ1) is 34.2. The van der Waals surface area contributed by atoms with Crippen molar-refractivity contribution in [2.24, 2.45) is 4.99 Å². The Hall–Kier alpha value is -7.16. The Labute approximate surface area is 413 Å². The van der Waals surface area contributed by atoms with Gasteiger partial charge in [-0.1, -0.05) is 58.0 Å². The van der Waals surface area contributed by atoms with Crippen LogP contribution in [0.25, 0.3) is 66.8 Å². The number of carbonyl (C=O) groups is 4. The highest BCUT2D eigenvalue weighted by Gasteiger charge is 2.26. The lowest BCUT2D eigenvalue weighted by Crippen LogP contribution is -2.29. The van der Waals surface area contributed by atoms with Crippen LogP contribution in [0.4, 0.5) is 0 Å². The molecule has 70 heavy (non-hydrogen) atoms. The molecule has 2 heterocycles. The van der Waals surface area contributed by atoms with E-state index >= 15 is 0 Å². The number of carbonyl (C=O) groups excluding carboxylic acids is 4. The number of ether oxygens (including phenoxy) is 4. The number of hydrogen-bond acceptors (Lipinski definition) is 13. The van der Waals surface area contributed by atoms with Crippen molar-refractivity contribution in [2.45, 2.75) is 34.6 Å². The van der Waals surface area contributed by atoms with E-state index in [-0.39, 0.29) is 26.4 Å². The van der Waals surface area contributed by atoms with E-state index in [1.54, 1.807) is 74.5 Å². The number of esters is 4. The van der Waals surface area contributed by atoms with Crippen LogP contribution < -0.4 is 15.3 Å². The van der Waals surface area contributed by atoms with E-state index in [1.165, 1.54) is 21.6 Å². The van der Waals surface area contributed by atoms with Crippen LogP contribution >= 0.6 is 21.6 Å². The van der Waals surface area contributed by atoms with Crippen LogP contribution in [0.2, 0.25) is 0 Å². The summed E-state index contributed by atoms with van der Waals surface area (Å²) in [5.74, 6) is 0.303. The fourth-order valence-corrected chi connectivity index (χ4v) is 10.1. The summed E-state index contributed by atoms with van der Waals surface area (Å²) in [6, 6.07) is 36.6. The fraction of sp³-hybridized carbons (Fsp3) is 0.250. The maximum Gasteiger partial charge on any atom is 0.338 e. The third-order valence-electron chi connectivity index (χ3n) is 11.6. The third kappa shape index (κ3) is 10.7. The van der Waals surface area contributed by atoms with Gasteiger partial charge in [-0.2, -0.15) is 0 Å². The molecule has 0 unspecified atom stereocenters. The van der Waals surface area contributed by atoms with Gasteiger partial charge in [-0.05, 0) is 112 Å². The van der Waals surface area contributed by atoms with E-state index in [0.29, 0.717) is 90.5 Å². The quantitative estimate of drug-likeness (QED) is 0.0201. The number of fused-ring (bicyclic) bond motifs is 4. The monoisotopic (exact) mass is 977 g/mol. The Morgan fingerprint density at radius 1 is 0.514 bits per heavy atom. The van der Waals surface area contributed by atoms with Gasteiger partial charge in [0.05, 0.1) is 46.9 Å². The average Bonchev–Trinajstić information content (AvgIpc) is 3.38. The minimum atomic E-state index is -0.496. The highest BCUT2D eigenvalue weighted by atomic mass is 33.1. The van der Waals surface area contributed by atoms with Crippen LogP contribution in [0.15, 0.2) is 135 Å². The van der Waals surface area contributed by atoms with Gasteiger partial charge in [0.25, 0.3) is 0 Å². The Bertz CT molecular complexity index is 3310. The molecular formula is C56H53N2O10S2+. The molecule has 8 rings (SSSR count). The summed E-state index contributed by atoms with van der Waals surface area (Å²) in [5, 5.41) is 3.07. The Balaban J connectivity index is 0.948. The van der Waals surface area contributed by atoms with Gasteiger partial charge in [-0.3, -0.25) is 4.99 Å². The van der Waals surface area contributed by atoms with Crippen molar-refractivity contribution < 1.29 is 47.0 Å². The molecule has 4 aromatic rings. The maximum atomic E-state index is 13.9. The van der Waals surface area contributed by atoms with E-state index in [0.717, 1.165) is 40.5 Å². The second kappa shape index (κ2) is 23.0. The van der Waals surface area contributed by atoms with Crippen LogP contribution in [0.1, 0.15) is 76.1 Å². The van der Waals surface area contributed by atoms with Crippen molar-refractivity contribution in [1.82, 2.24) is 4.58 Å². The molecule has 358 valence electrons. The Morgan fingerprint density at radius 3 is 1.49 bits per heavy atom. The largest absolute Gasteiger partial charge is 0.462 e. The van der Waals surface area contributed by atoms with E-state index in [9.17, 15) is 19.2 Å². The molecule has 12 nitrogen and oxygen atoms in total. The van der Waals surface area contributed by atoms with Crippen molar-refractivity contribution in [1.29, 1.82) is 0 Å². The fourth-order valence-electron chi connectivity index (χ4n) is 8.46. The van der Waals surface area contributed by atoms with Crippen molar-refractivity contribution in [2.75, 3.05) is 57.6 Å². The highest BCUT2D eigenvalue weighted by Crippen LogP contribution is 2.43. The van der Waals surface area contributed by atoms with Crippen molar-refractivity contribution in [3.63, 3.8) is 0 Å². The number of hydrogen-bond donors (Lipinski definition) is 0. The lowest BCUT2D eigenvalue weighted by atomic mass is 9.90. The summed E-state index contributed by atoms with van der Waals surface area (Å²) in [5.41, 5.74) is 6.79. The minimum Gasteiger partial charge on any atom is -0.462 e. The molecule has 0 bridgehead atoms. The van der Waals surface area contributed by atoms with Crippen molar-refractivity contribution in [3.8, 4) is 44.9 Å². The van der Waals surface area contributed by atoms with Gasteiger partial charge in [0.15, 0.2) is 0 Å². The first-order valence-electron chi connectivity index (χ1n) is 23.4. The van der Waals surface area contributed by atoms with Gasteiger partial charge in [-0.15, -0.1) is 0 Å². The average molecular weight is 978 g/mol. The molecule has 2 aliphatic heterocycles. The molecule has 0 aromatic heterocycles. The van der Waals surface area contributed by atoms with Crippen LogP contribution in [-0.4, -0.2) is 81.4 Å². The standard InChI is InChI=1S/C56H53N2O10S2/c1-6-57-37-21-23-43-49(33-37)67-47-25-19-35(53(59)63-9-4)31-45(47)51(43)39-15-11-13-17-41(39)55(61)65-27-29-69-70-30-28-66-56(62)42-18-14-12-16-40(42)52-44-24-22-38(58(7-2)8-3)34-50(44)68-48-26-20-36(32-46(48)52)54(60)64-10-5/h11-26,31-34H,6-10,27-30H2,1-5H3/q+1. The van der Waals surface area contributed by atoms with E-state index in [1.807, 2.05) is 67.6 Å². The molecule has 0 spiro atoms. The summed E-state index contributed by atoms with van der Waals surface area (Å²) in [6.45, 7) is 12.7. The predicted octanol–water partition coefficient (Wildman–Crippen LogP) is 11.2. The number of benzene rings is 6. The van der Waals surface area contributed by atoms with E-state index in [2.05, 4.69) is 23.4 Å². The predicted molar refractivity (Wildman–Crippen MR) is 276 cm³/mol. The van der Waals surface area contributed by atoms with E-state index < -0.39 is 23.9 Å². The first kappa shape index (κ1) is 49.3.